The van der Waals surface area contributed by atoms with Crippen molar-refractivity contribution in [3.05, 3.63) is 30.3 Å². The molecule has 5 heteroatoms. The summed E-state index contributed by atoms with van der Waals surface area (Å²) < 4.78 is 8.80. The van der Waals surface area contributed by atoms with E-state index in [9.17, 15) is 4.79 Å². The monoisotopic (exact) mass is 165 g/mol. The van der Waals surface area contributed by atoms with Crippen molar-refractivity contribution in [1.82, 2.24) is 0 Å². The number of hydrogen-bond acceptors (Lipinski definition) is 3. The fourth-order valence-corrected chi connectivity index (χ4v) is 0.620. The van der Waals surface area contributed by atoms with Crippen molar-refractivity contribution >= 4 is 13.8 Å². The molecule has 0 saturated heterocycles. The number of para-hydroxylation sites is 1. The Bertz CT molecular complexity index is 249. The van der Waals surface area contributed by atoms with Crippen molar-refractivity contribution in [2.45, 2.75) is 0 Å². The third kappa shape index (κ3) is 2.96. The Morgan fingerprint density at radius 2 is 2.00 bits per heavy atom. The van der Waals surface area contributed by atoms with E-state index in [2.05, 4.69) is 4.65 Å². The molecular weight excluding hydrogens is 159 g/mol. The Hall–Kier alpha value is -1.65. The molecule has 0 aliphatic carbocycles. The molecule has 1 rings (SSSR count). The molecule has 0 aliphatic rings. The molecule has 1 aromatic rings. The SMILES string of the molecule is O=C(O)O[B]Oc1ccccc1. The molecule has 0 atom stereocenters. The Balaban J connectivity index is 2.29. The predicted octanol–water partition coefficient (Wildman–Crippen LogP) is 1.29. The summed E-state index contributed by atoms with van der Waals surface area (Å²) >= 11 is 0. The minimum atomic E-state index is -1.40. The fourth-order valence-electron chi connectivity index (χ4n) is 0.620. The Kier molecular flexibility index (Phi) is 3.01. The second-order valence-corrected chi connectivity index (χ2v) is 1.91. The summed E-state index contributed by atoms with van der Waals surface area (Å²) in [5.74, 6) is 0.527. The van der Waals surface area contributed by atoms with Crippen LogP contribution in [0.15, 0.2) is 30.3 Å². The first-order valence-electron chi connectivity index (χ1n) is 3.22. The van der Waals surface area contributed by atoms with Crippen LogP contribution in [0.4, 0.5) is 4.79 Å². The molecular formula is C7H6BO4. The van der Waals surface area contributed by atoms with E-state index in [0.29, 0.717) is 5.75 Å². The van der Waals surface area contributed by atoms with Crippen LogP contribution in [0.2, 0.25) is 0 Å². The standard InChI is InChI=1S/C7H6BO4/c9-7(10)12-8-11-6-4-2-1-3-5-6/h1-5H,(H,9,10). The van der Waals surface area contributed by atoms with Crippen LogP contribution in [0.3, 0.4) is 0 Å². The summed E-state index contributed by atoms with van der Waals surface area (Å²) in [6.45, 7) is 0. The van der Waals surface area contributed by atoms with Crippen molar-refractivity contribution in [2.75, 3.05) is 0 Å². The normalized spacial score (nSPS) is 8.67. The Labute approximate surface area is 70.0 Å². The van der Waals surface area contributed by atoms with Gasteiger partial charge in [0.25, 0.3) is 0 Å². The maximum absolute atomic E-state index is 9.86. The molecule has 0 aliphatic heterocycles. The van der Waals surface area contributed by atoms with Crippen molar-refractivity contribution in [1.29, 1.82) is 0 Å². The molecule has 1 aromatic carbocycles. The lowest BCUT2D eigenvalue weighted by Crippen LogP contribution is -2.11. The highest BCUT2D eigenvalue weighted by Gasteiger charge is 2.02. The number of rotatable bonds is 3. The van der Waals surface area contributed by atoms with E-state index < -0.39 is 6.16 Å². The highest BCUT2D eigenvalue weighted by atomic mass is 16.7. The van der Waals surface area contributed by atoms with Crippen LogP contribution in [-0.2, 0) is 4.65 Å². The molecule has 0 spiro atoms. The number of carboxylic acid groups (broad SMARTS) is 1. The van der Waals surface area contributed by atoms with Gasteiger partial charge in [0.05, 0.1) is 0 Å². The quantitative estimate of drug-likeness (QED) is 0.685. The van der Waals surface area contributed by atoms with Gasteiger partial charge >= 0.3 is 13.8 Å². The fraction of sp³-hybridized carbons (Fsp3) is 0. The topological polar surface area (TPSA) is 55.8 Å². The van der Waals surface area contributed by atoms with Crippen LogP contribution in [0.25, 0.3) is 0 Å². The molecule has 0 heterocycles. The third-order valence-corrected chi connectivity index (χ3v) is 1.08. The highest BCUT2D eigenvalue weighted by Crippen LogP contribution is 2.06. The van der Waals surface area contributed by atoms with E-state index in [0.717, 1.165) is 7.69 Å². The Morgan fingerprint density at radius 1 is 1.33 bits per heavy atom. The molecule has 0 saturated carbocycles. The smallest absolute Gasteiger partial charge is 0.526 e. The zero-order chi connectivity index (χ0) is 8.81. The van der Waals surface area contributed by atoms with Gasteiger partial charge in [-0.25, -0.2) is 4.79 Å². The summed E-state index contributed by atoms with van der Waals surface area (Å²) in [6.07, 6.45) is -1.40. The molecule has 0 aromatic heterocycles. The molecule has 4 nitrogen and oxygen atoms in total. The van der Waals surface area contributed by atoms with Gasteiger partial charge in [-0.3, -0.25) is 0 Å². The van der Waals surface area contributed by atoms with Crippen LogP contribution in [-0.4, -0.2) is 18.9 Å². The number of carbonyl (C=O) groups is 1. The predicted molar refractivity (Wildman–Crippen MR) is 41.9 cm³/mol. The molecule has 61 valence electrons. The van der Waals surface area contributed by atoms with Crippen LogP contribution in [0.1, 0.15) is 0 Å². The zero-order valence-corrected chi connectivity index (χ0v) is 6.14. The second kappa shape index (κ2) is 4.28. The van der Waals surface area contributed by atoms with Crippen LogP contribution in [0.5, 0.6) is 5.75 Å². The minimum Gasteiger partial charge on any atom is -0.526 e. The average Bonchev–Trinajstić information content (AvgIpc) is 2.05. The van der Waals surface area contributed by atoms with Gasteiger partial charge in [0.1, 0.15) is 5.75 Å². The minimum absolute atomic E-state index is 0.527. The molecule has 0 bridgehead atoms. The van der Waals surface area contributed by atoms with Gasteiger partial charge in [-0.05, 0) is 12.1 Å². The van der Waals surface area contributed by atoms with Crippen LogP contribution < -0.4 is 4.65 Å². The van der Waals surface area contributed by atoms with Gasteiger partial charge in [-0.2, -0.15) is 0 Å². The van der Waals surface area contributed by atoms with E-state index in [4.69, 9.17) is 9.76 Å². The first-order valence-corrected chi connectivity index (χ1v) is 3.22. The molecule has 0 unspecified atom stereocenters. The summed E-state index contributed by atoms with van der Waals surface area (Å²) in [7, 11) is 0.762. The molecule has 1 N–H and O–H groups in total. The van der Waals surface area contributed by atoms with Gasteiger partial charge in [0.2, 0.25) is 0 Å². The van der Waals surface area contributed by atoms with Gasteiger partial charge in [-0.1, -0.05) is 18.2 Å². The lowest BCUT2D eigenvalue weighted by molar-refractivity contribution is 0.141. The van der Waals surface area contributed by atoms with Gasteiger partial charge in [-0.15, -0.1) is 0 Å². The van der Waals surface area contributed by atoms with E-state index in [1.54, 1.807) is 24.3 Å². The first kappa shape index (κ1) is 8.45. The van der Waals surface area contributed by atoms with Gasteiger partial charge in [0, 0.05) is 0 Å². The molecule has 12 heavy (non-hydrogen) atoms. The van der Waals surface area contributed by atoms with Crippen molar-refractivity contribution < 1.29 is 19.2 Å². The van der Waals surface area contributed by atoms with Crippen molar-refractivity contribution in [3.8, 4) is 5.75 Å². The van der Waals surface area contributed by atoms with E-state index >= 15 is 0 Å². The van der Waals surface area contributed by atoms with Crippen molar-refractivity contribution in [3.63, 3.8) is 0 Å². The lowest BCUT2D eigenvalue weighted by atomic mass is 10.3. The van der Waals surface area contributed by atoms with E-state index in [1.807, 2.05) is 6.07 Å². The number of benzene rings is 1. The first-order chi connectivity index (χ1) is 5.79. The van der Waals surface area contributed by atoms with E-state index in [-0.39, 0.29) is 0 Å². The molecule has 1 radical (unpaired) electrons. The van der Waals surface area contributed by atoms with Gasteiger partial charge in [0.15, 0.2) is 0 Å². The summed E-state index contributed by atoms with van der Waals surface area (Å²) in [5.41, 5.74) is 0. The van der Waals surface area contributed by atoms with Crippen LogP contribution >= 0.6 is 0 Å². The maximum atomic E-state index is 9.86. The molecule has 0 fully saturated rings. The van der Waals surface area contributed by atoms with E-state index in [1.165, 1.54) is 0 Å². The summed E-state index contributed by atoms with van der Waals surface area (Å²) in [4.78, 5) is 9.86. The summed E-state index contributed by atoms with van der Waals surface area (Å²) in [6, 6.07) is 8.72. The van der Waals surface area contributed by atoms with Gasteiger partial charge < -0.3 is 14.4 Å². The van der Waals surface area contributed by atoms with Crippen molar-refractivity contribution in [2.24, 2.45) is 0 Å². The largest absolute Gasteiger partial charge is 0.662 e. The highest BCUT2D eigenvalue weighted by molar-refractivity contribution is 6.22. The molecule has 0 amide bonds. The number of hydrogen-bond donors (Lipinski definition) is 1. The third-order valence-electron chi connectivity index (χ3n) is 1.08. The summed E-state index contributed by atoms with van der Waals surface area (Å²) in [5, 5.41) is 8.06. The average molecular weight is 165 g/mol. The second-order valence-electron chi connectivity index (χ2n) is 1.91. The zero-order valence-electron chi connectivity index (χ0n) is 6.14. The van der Waals surface area contributed by atoms with Crippen LogP contribution in [0, 0.1) is 0 Å². The lowest BCUT2D eigenvalue weighted by Gasteiger charge is -2.00. The maximum Gasteiger partial charge on any atom is 0.662 e. The Morgan fingerprint density at radius 3 is 2.58 bits per heavy atom.